The highest BCUT2D eigenvalue weighted by Gasteiger charge is 2.04. The Labute approximate surface area is 84.9 Å². The van der Waals surface area contributed by atoms with Crippen molar-refractivity contribution in [3.8, 4) is 0 Å². The molecule has 2 heteroatoms. The van der Waals surface area contributed by atoms with Crippen LogP contribution in [0.4, 0.5) is 0 Å². The Kier molecular flexibility index (Phi) is 3.76. The Morgan fingerprint density at radius 1 is 1.46 bits per heavy atom. The largest absolute Gasteiger partial charge is 0.328 e. The molecule has 1 aromatic carbocycles. The normalized spacial score (nSPS) is 12.9. The molecule has 2 N–H and O–H groups in total. The van der Waals surface area contributed by atoms with Crippen LogP contribution < -0.4 is 5.73 Å². The summed E-state index contributed by atoms with van der Waals surface area (Å²) >= 11 is 6.07. The summed E-state index contributed by atoms with van der Waals surface area (Å²) in [6.45, 7) is 4.11. The first-order chi connectivity index (χ1) is 6.11. The van der Waals surface area contributed by atoms with Gasteiger partial charge in [0.25, 0.3) is 0 Å². The highest BCUT2D eigenvalue weighted by Crippen LogP contribution is 2.21. The molecule has 72 valence electrons. The van der Waals surface area contributed by atoms with E-state index < -0.39 is 0 Å². The van der Waals surface area contributed by atoms with Gasteiger partial charge in [0, 0.05) is 11.1 Å². The Morgan fingerprint density at radius 3 is 2.69 bits per heavy atom. The summed E-state index contributed by atoms with van der Waals surface area (Å²) in [7, 11) is 0. The van der Waals surface area contributed by atoms with Crippen molar-refractivity contribution in [3.63, 3.8) is 0 Å². The third kappa shape index (κ3) is 3.02. The third-order valence-electron chi connectivity index (χ3n) is 2.20. The van der Waals surface area contributed by atoms with E-state index in [-0.39, 0.29) is 6.04 Å². The van der Waals surface area contributed by atoms with Crippen molar-refractivity contribution in [2.45, 2.75) is 32.7 Å². The van der Waals surface area contributed by atoms with Crippen molar-refractivity contribution in [3.05, 3.63) is 34.3 Å². The molecule has 0 spiro atoms. The van der Waals surface area contributed by atoms with Crippen LogP contribution in [0.1, 0.15) is 24.5 Å². The van der Waals surface area contributed by atoms with Crippen LogP contribution in [0, 0.1) is 6.92 Å². The third-order valence-corrected chi connectivity index (χ3v) is 2.56. The van der Waals surface area contributed by atoms with E-state index >= 15 is 0 Å². The zero-order valence-electron chi connectivity index (χ0n) is 8.18. The second kappa shape index (κ2) is 4.64. The predicted octanol–water partition coefficient (Wildman–Crippen LogP) is 2.93. The molecule has 0 heterocycles. The standard InChI is InChI=1S/C11H16ClN/c1-8-4-3-5-11(12)10(8)7-6-9(2)13/h3-5,9H,6-7,13H2,1-2H3. The minimum Gasteiger partial charge on any atom is -0.328 e. The van der Waals surface area contributed by atoms with Crippen LogP contribution in [0.2, 0.25) is 5.02 Å². The fourth-order valence-electron chi connectivity index (χ4n) is 1.36. The van der Waals surface area contributed by atoms with Gasteiger partial charge in [0.15, 0.2) is 0 Å². The fourth-order valence-corrected chi connectivity index (χ4v) is 1.67. The van der Waals surface area contributed by atoms with E-state index in [0.717, 1.165) is 17.9 Å². The average Bonchev–Trinajstić information content (AvgIpc) is 2.03. The van der Waals surface area contributed by atoms with Crippen molar-refractivity contribution in [2.24, 2.45) is 5.73 Å². The second-order valence-electron chi connectivity index (χ2n) is 3.55. The maximum Gasteiger partial charge on any atom is 0.0440 e. The molecule has 1 nitrogen and oxygen atoms in total. The summed E-state index contributed by atoms with van der Waals surface area (Å²) in [5.74, 6) is 0. The Bertz CT molecular complexity index is 261. The monoisotopic (exact) mass is 197 g/mol. The van der Waals surface area contributed by atoms with Gasteiger partial charge in [-0.15, -0.1) is 0 Å². The summed E-state index contributed by atoms with van der Waals surface area (Å²) in [5, 5.41) is 0.862. The molecular weight excluding hydrogens is 182 g/mol. The zero-order chi connectivity index (χ0) is 9.84. The molecule has 13 heavy (non-hydrogen) atoms. The van der Waals surface area contributed by atoms with Crippen LogP contribution in [0.25, 0.3) is 0 Å². The molecule has 1 atom stereocenters. The van der Waals surface area contributed by atoms with E-state index in [0.29, 0.717) is 0 Å². The molecule has 0 bridgehead atoms. The molecule has 0 saturated carbocycles. The van der Waals surface area contributed by atoms with Gasteiger partial charge in [-0.05, 0) is 43.9 Å². The molecule has 0 aliphatic heterocycles. The molecule has 0 amide bonds. The Balaban J connectivity index is 2.75. The van der Waals surface area contributed by atoms with Gasteiger partial charge in [-0.25, -0.2) is 0 Å². The minimum atomic E-state index is 0.246. The number of halogens is 1. The van der Waals surface area contributed by atoms with Gasteiger partial charge < -0.3 is 5.73 Å². The molecule has 1 rings (SSSR count). The molecule has 0 radical (unpaired) electrons. The molecule has 0 saturated heterocycles. The number of benzene rings is 1. The topological polar surface area (TPSA) is 26.0 Å². The molecule has 1 unspecified atom stereocenters. The highest BCUT2D eigenvalue weighted by atomic mass is 35.5. The highest BCUT2D eigenvalue weighted by molar-refractivity contribution is 6.31. The van der Waals surface area contributed by atoms with Gasteiger partial charge in [-0.3, -0.25) is 0 Å². The first kappa shape index (κ1) is 10.6. The smallest absolute Gasteiger partial charge is 0.0440 e. The lowest BCUT2D eigenvalue weighted by Gasteiger charge is -2.09. The van der Waals surface area contributed by atoms with Crippen LogP contribution in [-0.4, -0.2) is 6.04 Å². The molecular formula is C11H16ClN. The Morgan fingerprint density at radius 2 is 2.15 bits per heavy atom. The summed E-state index contributed by atoms with van der Waals surface area (Å²) in [4.78, 5) is 0. The van der Waals surface area contributed by atoms with Gasteiger partial charge >= 0.3 is 0 Å². The van der Waals surface area contributed by atoms with Crippen LogP contribution >= 0.6 is 11.6 Å². The lowest BCUT2D eigenvalue weighted by molar-refractivity contribution is 0.665. The molecule has 0 aromatic heterocycles. The van der Waals surface area contributed by atoms with Crippen LogP contribution in [0.3, 0.4) is 0 Å². The van der Waals surface area contributed by atoms with E-state index in [9.17, 15) is 0 Å². The van der Waals surface area contributed by atoms with Crippen molar-refractivity contribution in [2.75, 3.05) is 0 Å². The summed E-state index contributed by atoms with van der Waals surface area (Å²) in [6, 6.07) is 6.25. The van der Waals surface area contributed by atoms with Crippen LogP contribution in [0.15, 0.2) is 18.2 Å². The number of aryl methyl sites for hydroxylation is 1. The minimum absolute atomic E-state index is 0.246. The summed E-state index contributed by atoms with van der Waals surface area (Å²) < 4.78 is 0. The number of hydrogen-bond acceptors (Lipinski definition) is 1. The van der Waals surface area contributed by atoms with Gasteiger partial charge in [0.2, 0.25) is 0 Å². The molecule has 0 aliphatic rings. The first-order valence-corrected chi connectivity index (χ1v) is 4.98. The molecule has 0 aliphatic carbocycles. The van der Waals surface area contributed by atoms with Crippen molar-refractivity contribution in [1.29, 1.82) is 0 Å². The summed E-state index contributed by atoms with van der Waals surface area (Å²) in [5.41, 5.74) is 8.19. The van der Waals surface area contributed by atoms with E-state index in [2.05, 4.69) is 13.0 Å². The molecule has 1 aromatic rings. The maximum absolute atomic E-state index is 6.07. The van der Waals surface area contributed by atoms with E-state index in [4.69, 9.17) is 17.3 Å². The SMILES string of the molecule is Cc1cccc(Cl)c1CCC(C)N. The van der Waals surface area contributed by atoms with Crippen molar-refractivity contribution >= 4 is 11.6 Å². The maximum atomic E-state index is 6.07. The van der Waals surface area contributed by atoms with Crippen LogP contribution in [-0.2, 0) is 6.42 Å². The van der Waals surface area contributed by atoms with Crippen molar-refractivity contribution < 1.29 is 0 Å². The predicted molar refractivity (Wildman–Crippen MR) is 58.2 cm³/mol. The fraction of sp³-hybridized carbons (Fsp3) is 0.455. The first-order valence-electron chi connectivity index (χ1n) is 4.61. The lowest BCUT2D eigenvalue weighted by Crippen LogP contribution is -2.15. The zero-order valence-corrected chi connectivity index (χ0v) is 8.93. The van der Waals surface area contributed by atoms with E-state index in [1.807, 2.05) is 19.1 Å². The van der Waals surface area contributed by atoms with Crippen LogP contribution in [0.5, 0.6) is 0 Å². The van der Waals surface area contributed by atoms with Gasteiger partial charge in [-0.2, -0.15) is 0 Å². The van der Waals surface area contributed by atoms with E-state index in [1.54, 1.807) is 0 Å². The Hall–Kier alpha value is -0.530. The van der Waals surface area contributed by atoms with Gasteiger partial charge in [0.05, 0.1) is 0 Å². The van der Waals surface area contributed by atoms with E-state index in [1.165, 1.54) is 11.1 Å². The quantitative estimate of drug-likeness (QED) is 0.793. The van der Waals surface area contributed by atoms with Crippen molar-refractivity contribution in [1.82, 2.24) is 0 Å². The lowest BCUT2D eigenvalue weighted by atomic mass is 10.0. The number of hydrogen-bond donors (Lipinski definition) is 1. The van der Waals surface area contributed by atoms with Gasteiger partial charge in [0.1, 0.15) is 0 Å². The number of rotatable bonds is 3. The second-order valence-corrected chi connectivity index (χ2v) is 3.96. The molecule has 0 fully saturated rings. The van der Waals surface area contributed by atoms with Gasteiger partial charge in [-0.1, -0.05) is 23.7 Å². The summed E-state index contributed by atoms with van der Waals surface area (Å²) in [6.07, 6.45) is 1.97. The average molecular weight is 198 g/mol. The number of nitrogens with two attached hydrogens (primary N) is 1.